The van der Waals surface area contributed by atoms with E-state index in [1.165, 1.54) is 12.1 Å². The quantitative estimate of drug-likeness (QED) is 0.635. The first-order valence-electron chi connectivity index (χ1n) is 11.0. The van der Waals surface area contributed by atoms with Gasteiger partial charge in [0.05, 0.1) is 11.3 Å². The molecule has 32 heavy (non-hydrogen) atoms. The van der Waals surface area contributed by atoms with E-state index in [1.807, 2.05) is 36.1 Å². The highest BCUT2D eigenvalue weighted by Crippen LogP contribution is 2.25. The van der Waals surface area contributed by atoms with Crippen molar-refractivity contribution in [1.29, 1.82) is 0 Å². The lowest BCUT2D eigenvalue weighted by Crippen LogP contribution is -2.38. The molecule has 1 saturated heterocycles. The maximum atomic E-state index is 13.3. The SMILES string of the molecule is Cc1cccc(-c2nn(-c3ccc(F)cc3)cc2C(=O)NCCN2CCCCCC2=O)c1. The van der Waals surface area contributed by atoms with Crippen LogP contribution in [0.25, 0.3) is 16.9 Å². The van der Waals surface area contributed by atoms with Gasteiger partial charge in [-0.25, -0.2) is 9.07 Å². The molecule has 1 fully saturated rings. The average molecular weight is 435 g/mol. The van der Waals surface area contributed by atoms with E-state index < -0.39 is 0 Å². The van der Waals surface area contributed by atoms with Gasteiger partial charge in [-0.05, 0) is 50.1 Å². The standard InChI is InChI=1S/C25H27FN4O2/c1-18-6-5-7-19(16-18)24-22(17-30(28-24)21-11-9-20(26)10-12-21)25(32)27-13-15-29-14-4-2-3-8-23(29)31/h5-7,9-12,16-17H,2-4,8,13-15H2,1H3,(H,27,32). The third-order valence-corrected chi connectivity index (χ3v) is 5.68. The van der Waals surface area contributed by atoms with Gasteiger partial charge < -0.3 is 10.2 Å². The lowest BCUT2D eigenvalue weighted by molar-refractivity contribution is -0.130. The van der Waals surface area contributed by atoms with Gasteiger partial charge in [0.15, 0.2) is 0 Å². The van der Waals surface area contributed by atoms with Crippen LogP contribution in [0.1, 0.15) is 41.6 Å². The summed E-state index contributed by atoms with van der Waals surface area (Å²) in [6.07, 6.45) is 5.25. The molecule has 0 atom stereocenters. The Hall–Kier alpha value is -3.48. The minimum atomic E-state index is -0.333. The molecule has 0 aliphatic carbocycles. The monoisotopic (exact) mass is 434 g/mol. The van der Waals surface area contributed by atoms with Gasteiger partial charge in [0, 0.05) is 37.8 Å². The minimum Gasteiger partial charge on any atom is -0.350 e. The lowest BCUT2D eigenvalue weighted by Gasteiger charge is -2.20. The van der Waals surface area contributed by atoms with Crippen LogP contribution in [0.3, 0.4) is 0 Å². The van der Waals surface area contributed by atoms with Crippen LogP contribution in [0, 0.1) is 12.7 Å². The van der Waals surface area contributed by atoms with E-state index in [4.69, 9.17) is 0 Å². The van der Waals surface area contributed by atoms with Gasteiger partial charge in [0.1, 0.15) is 11.5 Å². The number of hydrogen-bond acceptors (Lipinski definition) is 3. The van der Waals surface area contributed by atoms with Gasteiger partial charge in [0.25, 0.3) is 5.91 Å². The Morgan fingerprint density at radius 2 is 1.94 bits per heavy atom. The van der Waals surface area contributed by atoms with Crippen molar-refractivity contribution < 1.29 is 14.0 Å². The van der Waals surface area contributed by atoms with Gasteiger partial charge in [-0.15, -0.1) is 0 Å². The average Bonchev–Trinajstić information content (AvgIpc) is 3.13. The summed E-state index contributed by atoms with van der Waals surface area (Å²) in [7, 11) is 0. The van der Waals surface area contributed by atoms with E-state index in [2.05, 4.69) is 10.4 Å². The van der Waals surface area contributed by atoms with Gasteiger partial charge in [-0.2, -0.15) is 5.10 Å². The first kappa shape index (κ1) is 21.7. The smallest absolute Gasteiger partial charge is 0.255 e. The number of carbonyl (C=O) groups excluding carboxylic acids is 2. The predicted molar refractivity (Wildman–Crippen MR) is 121 cm³/mol. The topological polar surface area (TPSA) is 67.2 Å². The van der Waals surface area contributed by atoms with Crippen LogP contribution >= 0.6 is 0 Å². The molecule has 2 heterocycles. The van der Waals surface area contributed by atoms with Gasteiger partial charge >= 0.3 is 0 Å². The molecule has 3 aromatic rings. The van der Waals surface area contributed by atoms with E-state index in [0.717, 1.165) is 36.9 Å². The summed E-state index contributed by atoms with van der Waals surface area (Å²) in [5, 5.41) is 7.57. The molecule has 1 aliphatic rings. The second kappa shape index (κ2) is 9.77. The second-order valence-corrected chi connectivity index (χ2v) is 8.13. The van der Waals surface area contributed by atoms with Crippen molar-refractivity contribution >= 4 is 11.8 Å². The van der Waals surface area contributed by atoms with E-state index >= 15 is 0 Å². The highest BCUT2D eigenvalue weighted by Gasteiger charge is 2.20. The number of likely N-dealkylation sites (tertiary alicyclic amines) is 1. The molecule has 1 aromatic heterocycles. The van der Waals surface area contributed by atoms with Gasteiger partial charge in [-0.1, -0.05) is 30.2 Å². The van der Waals surface area contributed by atoms with Crippen molar-refractivity contribution in [2.24, 2.45) is 0 Å². The lowest BCUT2D eigenvalue weighted by atomic mass is 10.1. The van der Waals surface area contributed by atoms with Crippen LogP contribution < -0.4 is 5.32 Å². The molecule has 0 spiro atoms. The third kappa shape index (κ3) is 5.04. The second-order valence-electron chi connectivity index (χ2n) is 8.13. The maximum Gasteiger partial charge on any atom is 0.255 e. The number of aromatic nitrogens is 2. The first-order chi connectivity index (χ1) is 15.5. The van der Waals surface area contributed by atoms with Crippen LogP contribution in [0.15, 0.2) is 54.7 Å². The fraction of sp³-hybridized carbons (Fsp3) is 0.320. The number of halogens is 1. The molecule has 166 valence electrons. The van der Waals surface area contributed by atoms with Crippen LogP contribution in [-0.2, 0) is 4.79 Å². The van der Waals surface area contributed by atoms with Crippen LogP contribution in [0.5, 0.6) is 0 Å². The molecule has 6 nitrogen and oxygen atoms in total. The zero-order chi connectivity index (χ0) is 22.5. The summed E-state index contributed by atoms with van der Waals surface area (Å²) in [5.41, 5.74) is 3.54. The Labute approximate surface area is 187 Å². The summed E-state index contributed by atoms with van der Waals surface area (Å²) in [5.74, 6) is -0.431. The number of benzene rings is 2. The third-order valence-electron chi connectivity index (χ3n) is 5.68. The summed E-state index contributed by atoms with van der Waals surface area (Å²) in [6.45, 7) is 3.60. The first-order valence-corrected chi connectivity index (χ1v) is 11.0. The maximum absolute atomic E-state index is 13.3. The van der Waals surface area contributed by atoms with E-state index in [9.17, 15) is 14.0 Å². The number of aryl methyl sites for hydroxylation is 1. The summed E-state index contributed by atoms with van der Waals surface area (Å²) >= 11 is 0. The van der Waals surface area contributed by atoms with Gasteiger partial charge in [-0.3, -0.25) is 9.59 Å². The Kier molecular flexibility index (Phi) is 6.63. The van der Waals surface area contributed by atoms with Crippen molar-refractivity contribution in [1.82, 2.24) is 20.0 Å². The minimum absolute atomic E-state index is 0.154. The highest BCUT2D eigenvalue weighted by molar-refractivity contribution is 6.00. The number of amides is 2. The van der Waals surface area contributed by atoms with Crippen LogP contribution in [-0.4, -0.2) is 46.1 Å². The Balaban J connectivity index is 1.56. The molecule has 1 aliphatic heterocycles. The van der Waals surface area contributed by atoms with Crippen molar-refractivity contribution in [2.75, 3.05) is 19.6 Å². The fourth-order valence-corrected chi connectivity index (χ4v) is 3.95. The molecule has 2 aromatic carbocycles. The predicted octanol–water partition coefficient (Wildman–Crippen LogP) is 4.12. The summed E-state index contributed by atoms with van der Waals surface area (Å²) < 4.78 is 14.9. The van der Waals surface area contributed by atoms with Crippen LogP contribution in [0.2, 0.25) is 0 Å². The fourth-order valence-electron chi connectivity index (χ4n) is 3.95. The normalized spacial score (nSPS) is 14.3. The Bertz CT molecular complexity index is 1110. The molecule has 0 radical (unpaired) electrons. The van der Waals surface area contributed by atoms with E-state index in [1.54, 1.807) is 23.0 Å². The molecular weight excluding hydrogens is 407 g/mol. The molecular formula is C25H27FN4O2. The number of nitrogens with zero attached hydrogens (tertiary/aromatic N) is 3. The molecule has 0 bridgehead atoms. The number of nitrogens with one attached hydrogen (secondary N) is 1. The molecule has 4 rings (SSSR count). The number of rotatable bonds is 6. The molecule has 2 amide bonds. The number of carbonyl (C=O) groups is 2. The Morgan fingerprint density at radius 3 is 2.72 bits per heavy atom. The largest absolute Gasteiger partial charge is 0.350 e. The zero-order valence-corrected chi connectivity index (χ0v) is 18.2. The van der Waals surface area contributed by atoms with Crippen molar-refractivity contribution in [3.8, 4) is 16.9 Å². The summed E-state index contributed by atoms with van der Waals surface area (Å²) in [4.78, 5) is 27.1. The van der Waals surface area contributed by atoms with E-state index in [-0.39, 0.29) is 17.6 Å². The van der Waals surface area contributed by atoms with Crippen LogP contribution in [0.4, 0.5) is 4.39 Å². The molecule has 1 N–H and O–H groups in total. The summed E-state index contributed by atoms with van der Waals surface area (Å²) in [6, 6.07) is 13.8. The Morgan fingerprint density at radius 1 is 1.12 bits per heavy atom. The highest BCUT2D eigenvalue weighted by atomic mass is 19.1. The number of hydrogen-bond donors (Lipinski definition) is 1. The zero-order valence-electron chi connectivity index (χ0n) is 18.2. The van der Waals surface area contributed by atoms with Crippen molar-refractivity contribution in [2.45, 2.75) is 32.6 Å². The molecule has 0 unspecified atom stereocenters. The molecule has 0 saturated carbocycles. The molecule has 7 heteroatoms. The van der Waals surface area contributed by atoms with Crippen molar-refractivity contribution in [3.05, 3.63) is 71.7 Å². The van der Waals surface area contributed by atoms with E-state index in [0.29, 0.717) is 36.5 Å². The van der Waals surface area contributed by atoms with Gasteiger partial charge in [0.2, 0.25) is 5.91 Å². The van der Waals surface area contributed by atoms with Crippen molar-refractivity contribution in [3.63, 3.8) is 0 Å².